The molecule has 2 aromatic rings. The first-order valence-electron chi connectivity index (χ1n) is 10.4. The Bertz CT molecular complexity index is 803. The van der Waals surface area contributed by atoms with Crippen LogP contribution in [0.4, 0.5) is 0 Å². The quantitative estimate of drug-likeness (QED) is 0.867. The average molecular weight is 383 g/mol. The molecule has 3 heterocycles. The van der Waals surface area contributed by atoms with Crippen molar-refractivity contribution in [3.05, 3.63) is 47.8 Å². The molecular formula is C22H30N4O2. The molecule has 0 unspecified atom stereocenters. The zero-order valence-corrected chi connectivity index (χ0v) is 16.6. The molecule has 1 aromatic carbocycles. The lowest BCUT2D eigenvalue weighted by Gasteiger charge is -2.39. The van der Waals surface area contributed by atoms with E-state index in [1.807, 2.05) is 36.1 Å². The Morgan fingerprint density at radius 1 is 1.21 bits per heavy atom. The van der Waals surface area contributed by atoms with Crippen LogP contribution < -0.4 is 10.1 Å². The van der Waals surface area contributed by atoms with E-state index in [1.165, 1.54) is 12.0 Å². The van der Waals surface area contributed by atoms with Crippen LogP contribution >= 0.6 is 0 Å². The second kappa shape index (κ2) is 8.78. The van der Waals surface area contributed by atoms with Gasteiger partial charge in [-0.3, -0.25) is 14.4 Å². The zero-order chi connectivity index (χ0) is 19.3. The summed E-state index contributed by atoms with van der Waals surface area (Å²) in [4.78, 5) is 15.0. The Hall–Kier alpha value is -2.34. The van der Waals surface area contributed by atoms with Gasteiger partial charge >= 0.3 is 0 Å². The molecular weight excluding hydrogens is 352 g/mol. The van der Waals surface area contributed by atoms with Crippen LogP contribution in [-0.2, 0) is 24.8 Å². The van der Waals surface area contributed by atoms with E-state index >= 15 is 0 Å². The van der Waals surface area contributed by atoms with E-state index in [1.54, 1.807) is 0 Å². The number of piperidine rings is 1. The van der Waals surface area contributed by atoms with Gasteiger partial charge in [0, 0.05) is 38.9 Å². The number of ether oxygens (including phenoxy) is 1. The van der Waals surface area contributed by atoms with Gasteiger partial charge in [-0.1, -0.05) is 24.6 Å². The van der Waals surface area contributed by atoms with Gasteiger partial charge < -0.3 is 10.1 Å². The minimum atomic E-state index is -0.0106. The summed E-state index contributed by atoms with van der Waals surface area (Å²) in [5.74, 6) is 1.32. The summed E-state index contributed by atoms with van der Waals surface area (Å²) in [5, 5.41) is 7.76. The number of carbonyl (C=O) groups is 1. The molecule has 1 aromatic heterocycles. The average Bonchev–Trinajstić information content (AvgIpc) is 3.10. The fourth-order valence-electron chi connectivity index (χ4n) is 4.48. The molecule has 2 atom stereocenters. The summed E-state index contributed by atoms with van der Waals surface area (Å²) in [6, 6.07) is 10.4. The maximum atomic E-state index is 12.5. The third kappa shape index (κ3) is 4.73. The van der Waals surface area contributed by atoms with Crippen molar-refractivity contribution in [1.82, 2.24) is 20.0 Å². The standard InChI is InChI=1S/C22H30N4O2/c1-25-12-10-19(24-25)15-26-13-11-20-18(14-26)8-3-2-6-17-7-4-5-9-21(17)28-16-22(27)23-20/h4-5,7,9-10,12,18,20H,2-3,6,8,11,13-16H2,1H3,(H,23,27)/t18-,20+/m0/s1. The number of nitrogens with one attached hydrogen (secondary N) is 1. The van der Waals surface area contributed by atoms with Gasteiger partial charge in [-0.05, 0) is 49.3 Å². The number of aromatic nitrogens is 2. The van der Waals surface area contributed by atoms with E-state index in [9.17, 15) is 4.79 Å². The monoisotopic (exact) mass is 382 g/mol. The van der Waals surface area contributed by atoms with Crippen molar-refractivity contribution < 1.29 is 9.53 Å². The van der Waals surface area contributed by atoms with E-state index in [2.05, 4.69) is 27.4 Å². The maximum absolute atomic E-state index is 12.5. The van der Waals surface area contributed by atoms with Crippen LogP contribution in [0.2, 0.25) is 0 Å². The summed E-state index contributed by atoms with van der Waals surface area (Å²) in [7, 11) is 1.96. The molecule has 0 aliphatic carbocycles. The topological polar surface area (TPSA) is 59.4 Å². The molecule has 2 aliphatic heterocycles. The van der Waals surface area contributed by atoms with Gasteiger partial charge in [0.15, 0.2) is 6.61 Å². The minimum Gasteiger partial charge on any atom is -0.483 e. The van der Waals surface area contributed by atoms with Crippen molar-refractivity contribution in [2.24, 2.45) is 13.0 Å². The van der Waals surface area contributed by atoms with Crippen molar-refractivity contribution in [2.75, 3.05) is 19.7 Å². The lowest BCUT2D eigenvalue weighted by molar-refractivity contribution is -0.124. The van der Waals surface area contributed by atoms with Crippen molar-refractivity contribution in [2.45, 2.75) is 44.7 Å². The molecule has 4 rings (SSSR count). The fourth-order valence-corrected chi connectivity index (χ4v) is 4.48. The molecule has 0 saturated carbocycles. The molecule has 1 fully saturated rings. The summed E-state index contributed by atoms with van der Waals surface area (Å²) >= 11 is 0. The Labute approximate surface area is 166 Å². The number of rotatable bonds is 2. The van der Waals surface area contributed by atoms with E-state index in [0.29, 0.717) is 5.92 Å². The van der Waals surface area contributed by atoms with Crippen molar-refractivity contribution in [1.29, 1.82) is 0 Å². The van der Waals surface area contributed by atoms with Crippen LogP contribution in [0, 0.1) is 5.92 Å². The van der Waals surface area contributed by atoms with Crippen LogP contribution in [0.5, 0.6) is 5.75 Å². The van der Waals surface area contributed by atoms with E-state index in [-0.39, 0.29) is 18.6 Å². The summed E-state index contributed by atoms with van der Waals surface area (Å²) in [6.07, 6.45) is 7.45. The van der Waals surface area contributed by atoms with Crippen LogP contribution in [0.15, 0.2) is 36.5 Å². The maximum Gasteiger partial charge on any atom is 0.258 e. The van der Waals surface area contributed by atoms with Gasteiger partial charge in [-0.25, -0.2) is 0 Å². The molecule has 0 spiro atoms. The van der Waals surface area contributed by atoms with E-state index in [0.717, 1.165) is 56.8 Å². The number of para-hydroxylation sites is 1. The summed E-state index contributed by atoms with van der Waals surface area (Å²) in [5.41, 5.74) is 2.32. The predicted molar refractivity (Wildman–Crippen MR) is 108 cm³/mol. The molecule has 6 heteroatoms. The van der Waals surface area contributed by atoms with Gasteiger partial charge in [0.1, 0.15) is 5.75 Å². The third-order valence-electron chi connectivity index (χ3n) is 5.92. The summed E-state index contributed by atoms with van der Waals surface area (Å²) < 4.78 is 7.68. The lowest BCUT2D eigenvalue weighted by Crippen LogP contribution is -2.51. The zero-order valence-electron chi connectivity index (χ0n) is 16.6. The highest BCUT2D eigenvalue weighted by molar-refractivity contribution is 5.78. The minimum absolute atomic E-state index is 0.0106. The van der Waals surface area contributed by atoms with Crippen LogP contribution in [0.3, 0.4) is 0 Å². The Morgan fingerprint density at radius 3 is 2.96 bits per heavy atom. The van der Waals surface area contributed by atoms with Crippen LogP contribution in [0.1, 0.15) is 36.9 Å². The highest BCUT2D eigenvalue weighted by Crippen LogP contribution is 2.26. The third-order valence-corrected chi connectivity index (χ3v) is 5.92. The Balaban J connectivity index is 1.41. The highest BCUT2D eigenvalue weighted by Gasteiger charge is 2.30. The molecule has 6 nitrogen and oxygen atoms in total. The molecule has 0 bridgehead atoms. The number of fused-ring (bicyclic) bond motifs is 2. The number of carbonyl (C=O) groups excluding carboxylic acids is 1. The van der Waals surface area contributed by atoms with E-state index in [4.69, 9.17) is 4.74 Å². The SMILES string of the molecule is Cn1ccc(CN2CC[C@H]3NC(=O)COc4ccccc4CCCC[C@H]3C2)n1. The molecule has 150 valence electrons. The number of hydrogen-bond acceptors (Lipinski definition) is 4. The highest BCUT2D eigenvalue weighted by atomic mass is 16.5. The first kappa shape index (κ1) is 19.0. The Kier molecular flexibility index (Phi) is 5.95. The number of benzene rings is 1. The first-order valence-corrected chi connectivity index (χ1v) is 10.4. The Morgan fingerprint density at radius 2 is 2.11 bits per heavy atom. The van der Waals surface area contributed by atoms with Gasteiger partial charge in [0.05, 0.1) is 5.69 Å². The molecule has 1 amide bonds. The fraction of sp³-hybridized carbons (Fsp3) is 0.545. The van der Waals surface area contributed by atoms with Crippen molar-refractivity contribution in [3.8, 4) is 5.75 Å². The number of amides is 1. The van der Waals surface area contributed by atoms with Crippen LogP contribution in [0.25, 0.3) is 0 Å². The molecule has 0 radical (unpaired) electrons. The number of hydrogen-bond donors (Lipinski definition) is 1. The van der Waals surface area contributed by atoms with Gasteiger partial charge in [0.25, 0.3) is 5.91 Å². The van der Waals surface area contributed by atoms with Gasteiger partial charge in [0.2, 0.25) is 0 Å². The van der Waals surface area contributed by atoms with E-state index < -0.39 is 0 Å². The lowest BCUT2D eigenvalue weighted by atomic mass is 9.87. The second-order valence-electron chi connectivity index (χ2n) is 8.08. The molecule has 28 heavy (non-hydrogen) atoms. The van der Waals surface area contributed by atoms with Crippen molar-refractivity contribution >= 4 is 5.91 Å². The second-order valence-corrected chi connectivity index (χ2v) is 8.08. The largest absolute Gasteiger partial charge is 0.483 e. The van der Waals surface area contributed by atoms with Gasteiger partial charge in [-0.2, -0.15) is 5.10 Å². The van der Waals surface area contributed by atoms with Gasteiger partial charge in [-0.15, -0.1) is 0 Å². The van der Waals surface area contributed by atoms with Crippen LogP contribution in [-0.4, -0.2) is 46.3 Å². The van der Waals surface area contributed by atoms with Crippen molar-refractivity contribution in [3.63, 3.8) is 0 Å². The number of likely N-dealkylation sites (tertiary alicyclic amines) is 1. The summed E-state index contributed by atoms with van der Waals surface area (Å²) in [6.45, 7) is 2.98. The normalized spacial score (nSPS) is 24.1. The molecule has 2 aliphatic rings. The molecule has 1 saturated heterocycles. The molecule has 1 N–H and O–H groups in total. The number of nitrogens with zero attached hydrogens (tertiary/aromatic N) is 3. The first-order chi connectivity index (χ1) is 13.7. The smallest absolute Gasteiger partial charge is 0.258 e. The number of aryl methyl sites for hydroxylation is 2. The predicted octanol–water partition coefficient (Wildman–Crippen LogP) is 2.53.